The monoisotopic (exact) mass is 476 g/mol. The van der Waals surface area contributed by atoms with E-state index < -0.39 is 0 Å². The fourth-order valence-electron chi connectivity index (χ4n) is 4.14. The number of carbonyl (C=O) groups is 2. The molecule has 1 aromatic heterocycles. The van der Waals surface area contributed by atoms with Gasteiger partial charge in [-0.3, -0.25) is 9.59 Å². The predicted molar refractivity (Wildman–Crippen MR) is 135 cm³/mol. The van der Waals surface area contributed by atoms with E-state index in [-0.39, 0.29) is 17.9 Å². The molecule has 0 bridgehead atoms. The Morgan fingerprint density at radius 1 is 1.06 bits per heavy atom. The van der Waals surface area contributed by atoms with Crippen LogP contribution in [0.4, 0.5) is 5.69 Å². The van der Waals surface area contributed by atoms with Crippen molar-refractivity contribution >= 4 is 40.2 Å². The number of nitrogens with one attached hydrogen (secondary N) is 1. The van der Waals surface area contributed by atoms with Crippen LogP contribution in [0, 0.1) is 0 Å². The highest BCUT2D eigenvalue weighted by Gasteiger charge is 2.25. The van der Waals surface area contributed by atoms with Gasteiger partial charge in [-0.1, -0.05) is 30.0 Å². The maximum Gasteiger partial charge on any atom is 0.252 e. The Labute approximate surface area is 203 Å². The third-order valence-electron chi connectivity index (χ3n) is 6.26. The van der Waals surface area contributed by atoms with Crippen molar-refractivity contribution in [2.45, 2.75) is 23.9 Å². The van der Waals surface area contributed by atoms with E-state index in [1.54, 1.807) is 7.11 Å². The fourth-order valence-corrected chi connectivity index (χ4v) is 4.96. The summed E-state index contributed by atoms with van der Waals surface area (Å²) in [5, 5.41) is 4.61. The van der Waals surface area contributed by atoms with E-state index in [0.29, 0.717) is 29.4 Å². The number of ether oxygens (including phenoxy) is 1. The summed E-state index contributed by atoms with van der Waals surface area (Å²) in [6, 6.07) is 17.8. The van der Waals surface area contributed by atoms with Gasteiger partial charge in [0.15, 0.2) is 0 Å². The van der Waals surface area contributed by atoms with Crippen LogP contribution < -0.4 is 15.0 Å². The number of benzene rings is 2. The van der Waals surface area contributed by atoms with Gasteiger partial charge >= 0.3 is 0 Å². The average molecular weight is 477 g/mol. The largest absolute Gasteiger partial charge is 0.497 e. The smallest absolute Gasteiger partial charge is 0.252 e. The fraction of sp³-hybridized carbons (Fsp3) is 0.346. The molecule has 0 radical (unpaired) electrons. The molecule has 0 unspecified atom stereocenters. The van der Waals surface area contributed by atoms with Crippen molar-refractivity contribution < 1.29 is 14.3 Å². The highest BCUT2D eigenvalue weighted by Crippen LogP contribution is 2.27. The van der Waals surface area contributed by atoms with E-state index in [1.165, 1.54) is 11.8 Å². The number of carbonyl (C=O) groups excluding carboxylic acids is 2. The molecule has 1 N–H and O–H groups in total. The zero-order valence-corrected chi connectivity index (χ0v) is 20.0. The second-order valence-corrected chi connectivity index (χ2v) is 9.62. The van der Waals surface area contributed by atoms with E-state index in [9.17, 15) is 9.59 Å². The summed E-state index contributed by atoms with van der Waals surface area (Å²) in [6.45, 7) is 2.96. The van der Waals surface area contributed by atoms with Crippen molar-refractivity contribution in [2.75, 3.05) is 43.9 Å². The van der Waals surface area contributed by atoms with Crippen LogP contribution >= 0.6 is 11.8 Å². The number of amides is 2. The molecule has 2 fully saturated rings. The SMILES string of the molecule is COc1ccc(N2CCN(C(=O)CSc3cc(C(=O)NC4CC4)c4ccccc4n3)CC2)cc1. The topological polar surface area (TPSA) is 74.8 Å². The lowest BCUT2D eigenvalue weighted by molar-refractivity contribution is -0.128. The minimum Gasteiger partial charge on any atom is -0.497 e. The third kappa shape index (κ3) is 5.12. The van der Waals surface area contributed by atoms with Crippen LogP contribution in [0.1, 0.15) is 23.2 Å². The second kappa shape index (κ2) is 9.93. The minimum atomic E-state index is -0.0658. The molecule has 8 heteroatoms. The van der Waals surface area contributed by atoms with Crippen LogP contribution in [-0.2, 0) is 4.79 Å². The van der Waals surface area contributed by atoms with Crippen LogP contribution in [0.25, 0.3) is 10.9 Å². The zero-order valence-electron chi connectivity index (χ0n) is 19.2. The van der Waals surface area contributed by atoms with Gasteiger partial charge in [0, 0.05) is 43.3 Å². The van der Waals surface area contributed by atoms with E-state index in [1.807, 2.05) is 47.4 Å². The number of nitrogens with zero attached hydrogens (tertiary/aromatic N) is 3. The molecule has 3 aromatic rings. The molecule has 34 heavy (non-hydrogen) atoms. The first kappa shape index (κ1) is 22.5. The van der Waals surface area contributed by atoms with Gasteiger partial charge < -0.3 is 19.9 Å². The summed E-state index contributed by atoms with van der Waals surface area (Å²) in [7, 11) is 1.66. The lowest BCUT2D eigenvalue weighted by atomic mass is 10.1. The molecule has 1 aliphatic carbocycles. The van der Waals surface area contributed by atoms with Crippen molar-refractivity contribution in [3.63, 3.8) is 0 Å². The standard InChI is InChI=1S/C26H28N4O3S/c1-33-20-10-8-19(9-11-20)29-12-14-30(15-13-29)25(31)17-34-24-16-22(26(32)27-18-6-7-18)21-4-2-3-5-23(21)28-24/h2-5,8-11,16,18H,6-7,12-15,17H2,1H3,(H,27,32). The maximum atomic E-state index is 12.9. The number of anilines is 1. The van der Waals surface area contributed by atoms with Crippen molar-refractivity contribution in [2.24, 2.45) is 0 Å². The Bertz CT molecular complexity index is 1190. The first-order valence-electron chi connectivity index (χ1n) is 11.6. The van der Waals surface area contributed by atoms with Crippen LogP contribution in [0.3, 0.4) is 0 Å². The quantitative estimate of drug-likeness (QED) is 0.526. The van der Waals surface area contributed by atoms with E-state index >= 15 is 0 Å². The molecule has 1 saturated carbocycles. The molecule has 0 atom stereocenters. The van der Waals surface area contributed by atoms with Gasteiger partial charge in [-0.15, -0.1) is 0 Å². The number of methoxy groups -OCH3 is 1. The summed E-state index contributed by atoms with van der Waals surface area (Å²) in [6.07, 6.45) is 2.08. The third-order valence-corrected chi connectivity index (χ3v) is 7.16. The highest BCUT2D eigenvalue weighted by atomic mass is 32.2. The molecular formula is C26H28N4O3S. The number of rotatable bonds is 7. The lowest BCUT2D eigenvalue weighted by Crippen LogP contribution is -2.49. The Morgan fingerprint density at radius 3 is 2.50 bits per heavy atom. The predicted octanol–water partition coefficient (Wildman–Crippen LogP) is 3.58. The Kier molecular flexibility index (Phi) is 6.58. The number of hydrogen-bond donors (Lipinski definition) is 1. The van der Waals surface area contributed by atoms with Gasteiger partial charge in [0.2, 0.25) is 5.91 Å². The number of para-hydroxylation sites is 1. The lowest BCUT2D eigenvalue weighted by Gasteiger charge is -2.36. The normalized spacial score (nSPS) is 15.9. The van der Waals surface area contributed by atoms with Gasteiger partial charge in [-0.2, -0.15) is 0 Å². The highest BCUT2D eigenvalue weighted by molar-refractivity contribution is 7.99. The number of thioether (sulfide) groups is 1. The van der Waals surface area contributed by atoms with Crippen molar-refractivity contribution in [3.8, 4) is 5.75 Å². The van der Waals surface area contributed by atoms with Crippen LogP contribution in [0.15, 0.2) is 59.6 Å². The second-order valence-electron chi connectivity index (χ2n) is 8.63. The van der Waals surface area contributed by atoms with Crippen molar-refractivity contribution in [1.82, 2.24) is 15.2 Å². The number of pyridine rings is 1. The summed E-state index contributed by atoms with van der Waals surface area (Å²) in [5.41, 5.74) is 2.54. The Balaban J connectivity index is 1.20. The van der Waals surface area contributed by atoms with Crippen molar-refractivity contribution in [1.29, 1.82) is 0 Å². The Hall–Kier alpha value is -3.26. The van der Waals surface area contributed by atoms with E-state index in [0.717, 1.165) is 48.3 Å². The molecule has 2 aliphatic rings. The van der Waals surface area contributed by atoms with Crippen LogP contribution in [0.5, 0.6) is 5.75 Å². The molecule has 1 aliphatic heterocycles. The molecule has 7 nitrogen and oxygen atoms in total. The van der Waals surface area contributed by atoms with Gasteiger partial charge in [-0.25, -0.2) is 4.98 Å². The molecule has 2 amide bonds. The number of hydrogen-bond acceptors (Lipinski definition) is 6. The van der Waals surface area contributed by atoms with E-state index in [2.05, 4.69) is 27.3 Å². The minimum absolute atomic E-state index is 0.0658. The average Bonchev–Trinajstić information content (AvgIpc) is 3.71. The Morgan fingerprint density at radius 2 is 1.79 bits per heavy atom. The maximum absolute atomic E-state index is 12.9. The summed E-state index contributed by atoms with van der Waals surface area (Å²) in [5.74, 6) is 1.17. The van der Waals surface area contributed by atoms with Crippen LogP contribution in [0.2, 0.25) is 0 Å². The number of aromatic nitrogens is 1. The van der Waals surface area contributed by atoms with Gasteiger partial charge in [0.1, 0.15) is 5.75 Å². The van der Waals surface area contributed by atoms with E-state index in [4.69, 9.17) is 4.74 Å². The zero-order chi connectivity index (χ0) is 23.5. The number of fused-ring (bicyclic) bond motifs is 1. The molecule has 1 saturated heterocycles. The molecule has 2 heterocycles. The summed E-state index contributed by atoms with van der Waals surface area (Å²) < 4.78 is 5.23. The van der Waals surface area contributed by atoms with Gasteiger partial charge in [0.25, 0.3) is 5.91 Å². The van der Waals surface area contributed by atoms with Gasteiger partial charge in [-0.05, 0) is 49.2 Å². The molecule has 5 rings (SSSR count). The molecular weight excluding hydrogens is 448 g/mol. The summed E-state index contributed by atoms with van der Waals surface area (Å²) >= 11 is 1.39. The number of piperazine rings is 1. The molecule has 176 valence electrons. The van der Waals surface area contributed by atoms with Gasteiger partial charge in [0.05, 0.1) is 29.0 Å². The van der Waals surface area contributed by atoms with Crippen LogP contribution in [-0.4, -0.2) is 66.8 Å². The first-order chi connectivity index (χ1) is 16.6. The first-order valence-corrected chi connectivity index (χ1v) is 12.6. The summed E-state index contributed by atoms with van der Waals surface area (Å²) in [4.78, 5) is 34.6. The molecule has 0 spiro atoms. The van der Waals surface area contributed by atoms with Crippen molar-refractivity contribution in [3.05, 3.63) is 60.2 Å². The molecule has 2 aromatic carbocycles.